The fourth-order valence-electron chi connectivity index (χ4n) is 2.23. The Morgan fingerprint density at radius 1 is 1.10 bits per heavy atom. The molecule has 0 N–H and O–H groups in total. The molecular formula is C16H13BrN2O. The van der Waals surface area contributed by atoms with Crippen LogP contribution in [0.2, 0.25) is 0 Å². The van der Waals surface area contributed by atoms with Gasteiger partial charge in [-0.3, -0.25) is 9.78 Å². The van der Waals surface area contributed by atoms with E-state index in [9.17, 15) is 4.79 Å². The molecule has 2 aromatic heterocycles. The monoisotopic (exact) mass is 328 g/mol. The molecule has 0 aliphatic rings. The number of pyridine rings is 2. The zero-order valence-corrected chi connectivity index (χ0v) is 12.8. The Hall–Kier alpha value is -1.94. The molecule has 0 bridgehead atoms. The van der Waals surface area contributed by atoms with Crippen LogP contribution < -0.4 is 5.56 Å². The molecule has 0 fully saturated rings. The predicted octanol–water partition coefficient (Wildman–Crippen LogP) is 3.67. The van der Waals surface area contributed by atoms with E-state index < -0.39 is 0 Å². The maximum Gasteiger partial charge on any atom is 0.258 e. The molecule has 0 radical (unpaired) electrons. The van der Waals surface area contributed by atoms with E-state index >= 15 is 0 Å². The number of nitrogens with zero attached hydrogens (tertiary/aromatic N) is 2. The van der Waals surface area contributed by atoms with Crippen molar-refractivity contribution in [1.29, 1.82) is 0 Å². The second-order valence-corrected chi connectivity index (χ2v) is 5.70. The number of benzene rings is 1. The van der Waals surface area contributed by atoms with Gasteiger partial charge >= 0.3 is 0 Å². The minimum atomic E-state index is 0.0109. The zero-order chi connectivity index (χ0) is 14.3. The highest BCUT2D eigenvalue weighted by Crippen LogP contribution is 2.27. The number of aromatic nitrogens is 2. The molecule has 20 heavy (non-hydrogen) atoms. The van der Waals surface area contributed by atoms with E-state index in [2.05, 4.69) is 20.9 Å². The number of aryl methyl sites for hydroxylation is 2. The Morgan fingerprint density at radius 2 is 1.85 bits per heavy atom. The van der Waals surface area contributed by atoms with Gasteiger partial charge in [-0.05, 0) is 46.6 Å². The van der Waals surface area contributed by atoms with E-state index in [0.29, 0.717) is 5.39 Å². The van der Waals surface area contributed by atoms with Crippen molar-refractivity contribution < 1.29 is 0 Å². The summed E-state index contributed by atoms with van der Waals surface area (Å²) in [6.07, 6.45) is 3.65. The number of hydrogen-bond donors (Lipinski definition) is 0. The average molecular weight is 329 g/mol. The molecular weight excluding hydrogens is 316 g/mol. The smallest absolute Gasteiger partial charge is 0.258 e. The number of rotatable bonds is 1. The molecule has 0 aliphatic carbocycles. The minimum absolute atomic E-state index is 0.0109. The lowest BCUT2D eigenvalue weighted by molar-refractivity contribution is 0.869. The van der Waals surface area contributed by atoms with Gasteiger partial charge in [0.2, 0.25) is 0 Å². The van der Waals surface area contributed by atoms with Gasteiger partial charge in [-0.1, -0.05) is 12.1 Å². The third-order valence-electron chi connectivity index (χ3n) is 3.38. The van der Waals surface area contributed by atoms with E-state index in [0.717, 1.165) is 26.7 Å². The minimum Gasteiger partial charge on any atom is -0.317 e. The van der Waals surface area contributed by atoms with Gasteiger partial charge in [-0.2, -0.15) is 0 Å². The van der Waals surface area contributed by atoms with Crippen molar-refractivity contribution in [2.24, 2.45) is 7.05 Å². The van der Waals surface area contributed by atoms with E-state index in [-0.39, 0.29) is 5.56 Å². The molecule has 4 heteroatoms. The summed E-state index contributed by atoms with van der Waals surface area (Å²) in [5, 5.41) is 1.64. The number of fused-ring (bicyclic) bond motifs is 1. The summed E-state index contributed by atoms with van der Waals surface area (Å²) in [6.45, 7) is 1.96. The van der Waals surface area contributed by atoms with E-state index in [4.69, 9.17) is 0 Å². The van der Waals surface area contributed by atoms with E-state index in [1.807, 2.05) is 43.5 Å². The lowest BCUT2D eigenvalue weighted by Gasteiger charge is -2.07. The number of hydrogen-bond acceptors (Lipinski definition) is 2. The van der Waals surface area contributed by atoms with Crippen LogP contribution in [0.25, 0.3) is 21.9 Å². The second kappa shape index (κ2) is 4.87. The molecule has 0 saturated carbocycles. The van der Waals surface area contributed by atoms with Gasteiger partial charge in [0.25, 0.3) is 5.56 Å². The van der Waals surface area contributed by atoms with Crippen LogP contribution in [-0.4, -0.2) is 9.55 Å². The first-order valence-electron chi connectivity index (χ1n) is 6.28. The van der Waals surface area contributed by atoms with Crippen molar-refractivity contribution in [3.8, 4) is 11.1 Å². The van der Waals surface area contributed by atoms with Crippen LogP contribution in [0.1, 0.15) is 5.69 Å². The third kappa shape index (κ3) is 2.16. The van der Waals surface area contributed by atoms with Crippen LogP contribution in [0.5, 0.6) is 0 Å². The van der Waals surface area contributed by atoms with Gasteiger partial charge in [0.1, 0.15) is 0 Å². The highest BCUT2D eigenvalue weighted by Gasteiger charge is 2.07. The summed E-state index contributed by atoms with van der Waals surface area (Å²) >= 11 is 3.52. The average Bonchev–Trinajstić information content (AvgIpc) is 2.45. The van der Waals surface area contributed by atoms with Gasteiger partial charge < -0.3 is 4.57 Å². The Bertz CT molecular complexity index is 851. The van der Waals surface area contributed by atoms with Crippen molar-refractivity contribution in [3.63, 3.8) is 0 Å². The Labute approximate surface area is 125 Å². The Kier molecular flexibility index (Phi) is 3.18. The summed E-state index contributed by atoms with van der Waals surface area (Å²) in [5.41, 5.74) is 3.10. The summed E-state index contributed by atoms with van der Waals surface area (Å²) in [5.74, 6) is 0. The topological polar surface area (TPSA) is 34.9 Å². The van der Waals surface area contributed by atoms with Gasteiger partial charge in [-0.25, -0.2) is 0 Å². The SMILES string of the molecule is Cc1ccc(-c2ccc3c(=O)n(C)cc(Br)c3c2)cn1. The molecule has 100 valence electrons. The van der Waals surface area contributed by atoms with Gasteiger partial charge in [0.05, 0.1) is 0 Å². The van der Waals surface area contributed by atoms with Crippen molar-refractivity contribution in [1.82, 2.24) is 9.55 Å². The molecule has 3 aromatic rings. The molecule has 0 amide bonds. The molecule has 1 aromatic carbocycles. The van der Waals surface area contributed by atoms with Crippen molar-refractivity contribution in [3.05, 3.63) is 63.2 Å². The summed E-state index contributed by atoms with van der Waals surface area (Å²) in [6, 6.07) is 9.88. The van der Waals surface area contributed by atoms with Gasteiger partial charge in [0.15, 0.2) is 0 Å². The molecule has 0 unspecified atom stereocenters. The van der Waals surface area contributed by atoms with Crippen LogP contribution in [0.4, 0.5) is 0 Å². The van der Waals surface area contributed by atoms with Gasteiger partial charge in [0, 0.05) is 45.9 Å². The van der Waals surface area contributed by atoms with Crippen molar-refractivity contribution >= 4 is 26.7 Å². The van der Waals surface area contributed by atoms with Crippen LogP contribution in [-0.2, 0) is 7.05 Å². The summed E-state index contributed by atoms with van der Waals surface area (Å²) in [4.78, 5) is 16.4. The lowest BCUT2D eigenvalue weighted by atomic mass is 10.0. The first-order valence-corrected chi connectivity index (χ1v) is 7.07. The van der Waals surface area contributed by atoms with Crippen molar-refractivity contribution in [2.75, 3.05) is 0 Å². The molecule has 3 nitrogen and oxygen atoms in total. The summed E-state index contributed by atoms with van der Waals surface area (Å²) < 4.78 is 2.50. The van der Waals surface area contributed by atoms with E-state index in [1.165, 1.54) is 0 Å². The maximum absolute atomic E-state index is 12.1. The number of halogens is 1. The molecule has 0 atom stereocenters. The van der Waals surface area contributed by atoms with Crippen LogP contribution >= 0.6 is 15.9 Å². The first-order chi connectivity index (χ1) is 9.56. The van der Waals surface area contributed by atoms with Crippen molar-refractivity contribution in [2.45, 2.75) is 6.92 Å². The van der Waals surface area contributed by atoms with Crippen LogP contribution in [0.15, 0.2) is 52.0 Å². The second-order valence-electron chi connectivity index (χ2n) is 4.84. The molecule has 0 spiro atoms. The molecule has 0 aliphatic heterocycles. The molecule has 3 rings (SSSR count). The normalized spacial score (nSPS) is 10.9. The quantitative estimate of drug-likeness (QED) is 0.683. The Morgan fingerprint density at radius 3 is 2.55 bits per heavy atom. The maximum atomic E-state index is 12.1. The van der Waals surface area contributed by atoms with Crippen LogP contribution in [0.3, 0.4) is 0 Å². The first kappa shape index (κ1) is 13.1. The molecule has 2 heterocycles. The lowest BCUT2D eigenvalue weighted by Crippen LogP contribution is -2.16. The standard InChI is InChI=1S/C16H13BrN2O/c1-10-3-4-12(8-18-10)11-5-6-13-14(7-11)15(17)9-19(2)16(13)20/h3-9H,1-2H3. The third-order valence-corrected chi connectivity index (χ3v) is 4.01. The Balaban J connectivity index is 2.26. The van der Waals surface area contributed by atoms with Crippen LogP contribution in [0, 0.1) is 6.92 Å². The highest BCUT2D eigenvalue weighted by molar-refractivity contribution is 9.10. The fourth-order valence-corrected chi connectivity index (χ4v) is 2.87. The highest BCUT2D eigenvalue weighted by atomic mass is 79.9. The predicted molar refractivity (Wildman–Crippen MR) is 84.9 cm³/mol. The summed E-state index contributed by atoms with van der Waals surface area (Å²) in [7, 11) is 1.75. The van der Waals surface area contributed by atoms with Gasteiger partial charge in [-0.15, -0.1) is 0 Å². The molecule has 0 saturated heterocycles. The zero-order valence-electron chi connectivity index (χ0n) is 11.2. The largest absolute Gasteiger partial charge is 0.317 e. The fraction of sp³-hybridized carbons (Fsp3) is 0.125. The van der Waals surface area contributed by atoms with E-state index in [1.54, 1.807) is 17.8 Å².